The van der Waals surface area contributed by atoms with E-state index in [0.29, 0.717) is 11.1 Å². The highest BCUT2D eigenvalue weighted by molar-refractivity contribution is 6.12. The van der Waals surface area contributed by atoms with Gasteiger partial charge >= 0.3 is 5.97 Å². The number of hydrogen-bond donors (Lipinski definition) is 0. The zero-order valence-corrected chi connectivity index (χ0v) is 10.6. The zero-order valence-electron chi connectivity index (χ0n) is 10.6. The van der Waals surface area contributed by atoms with E-state index in [1.54, 1.807) is 48.5 Å². The number of methoxy groups -OCH3 is 1. The van der Waals surface area contributed by atoms with E-state index in [4.69, 9.17) is 4.74 Å². The van der Waals surface area contributed by atoms with Gasteiger partial charge < -0.3 is 4.74 Å². The monoisotopic (exact) mass is 254 g/mol. The minimum atomic E-state index is -0.909. The summed E-state index contributed by atoms with van der Waals surface area (Å²) < 4.78 is 4.75. The molecule has 0 heterocycles. The van der Waals surface area contributed by atoms with Crippen LogP contribution in [0.2, 0.25) is 0 Å². The molecule has 0 aliphatic rings. The van der Waals surface area contributed by atoms with E-state index < -0.39 is 11.9 Å². The van der Waals surface area contributed by atoms with Gasteiger partial charge in [0.05, 0.1) is 7.11 Å². The van der Waals surface area contributed by atoms with Gasteiger partial charge in [-0.15, -0.1) is 0 Å². The fourth-order valence-electron chi connectivity index (χ4n) is 1.93. The lowest BCUT2D eigenvalue weighted by molar-refractivity contribution is -0.141. The van der Waals surface area contributed by atoms with Crippen LogP contribution in [-0.2, 0) is 9.53 Å². The van der Waals surface area contributed by atoms with Crippen LogP contribution in [0.5, 0.6) is 0 Å². The summed E-state index contributed by atoms with van der Waals surface area (Å²) in [5, 5.41) is 0. The number of ether oxygens (including phenoxy) is 1. The van der Waals surface area contributed by atoms with Crippen molar-refractivity contribution < 1.29 is 14.3 Å². The van der Waals surface area contributed by atoms with Gasteiger partial charge in [-0.25, -0.2) is 0 Å². The Morgan fingerprint density at radius 3 is 1.95 bits per heavy atom. The normalized spacial score (nSPS) is 11.6. The van der Waals surface area contributed by atoms with E-state index in [1.807, 2.05) is 12.1 Å². The summed E-state index contributed by atoms with van der Waals surface area (Å²) in [6, 6.07) is 17.7. The molecule has 1 atom stereocenters. The number of benzene rings is 2. The molecule has 1 unspecified atom stereocenters. The molecule has 2 aromatic rings. The molecule has 0 N–H and O–H groups in total. The van der Waals surface area contributed by atoms with Gasteiger partial charge in [-0.1, -0.05) is 60.7 Å². The molecule has 0 spiro atoms. The molecular formula is C16H14O3. The predicted octanol–water partition coefficient (Wildman–Crippen LogP) is 2.83. The van der Waals surface area contributed by atoms with Gasteiger partial charge in [0.15, 0.2) is 5.78 Å². The zero-order chi connectivity index (χ0) is 13.7. The third-order valence-electron chi connectivity index (χ3n) is 2.89. The van der Waals surface area contributed by atoms with Crippen molar-refractivity contribution in [2.75, 3.05) is 7.11 Å². The van der Waals surface area contributed by atoms with E-state index in [-0.39, 0.29) is 5.78 Å². The average Bonchev–Trinajstić information content (AvgIpc) is 2.49. The number of hydrogen-bond acceptors (Lipinski definition) is 3. The molecule has 0 saturated carbocycles. The van der Waals surface area contributed by atoms with Crippen LogP contribution in [0.25, 0.3) is 0 Å². The molecular weight excluding hydrogens is 240 g/mol. The second-order valence-corrected chi connectivity index (χ2v) is 4.10. The van der Waals surface area contributed by atoms with Crippen molar-refractivity contribution in [1.82, 2.24) is 0 Å². The molecule has 19 heavy (non-hydrogen) atoms. The summed E-state index contributed by atoms with van der Waals surface area (Å²) in [5.74, 6) is -1.70. The van der Waals surface area contributed by atoms with Crippen molar-refractivity contribution in [3.8, 4) is 0 Å². The van der Waals surface area contributed by atoms with Crippen molar-refractivity contribution in [3.63, 3.8) is 0 Å². The number of esters is 1. The van der Waals surface area contributed by atoms with Crippen molar-refractivity contribution in [2.24, 2.45) is 0 Å². The van der Waals surface area contributed by atoms with Crippen LogP contribution >= 0.6 is 0 Å². The lowest BCUT2D eigenvalue weighted by Gasteiger charge is -2.13. The molecule has 0 aliphatic carbocycles. The highest BCUT2D eigenvalue weighted by atomic mass is 16.5. The Morgan fingerprint density at radius 1 is 0.895 bits per heavy atom. The van der Waals surface area contributed by atoms with Gasteiger partial charge in [-0.05, 0) is 5.56 Å². The largest absolute Gasteiger partial charge is 0.468 e. The van der Waals surface area contributed by atoms with Gasteiger partial charge in [0.25, 0.3) is 0 Å². The molecule has 3 heteroatoms. The maximum Gasteiger partial charge on any atom is 0.321 e. The second kappa shape index (κ2) is 5.96. The lowest BCUT2D eigenvalue weighted by atomic mass is 9.91. The summed E-state index contributed by atoms with van der Waals surface area (Å²) >= 11 is 0. The Morgan fingerprint density at radius 2 is 1.42 bits per heavy atom. The highest BCUT2D eigenvalue weighted by Gasteiger charge is 2.29. The number of carbonyl (C=O) groups excluding carboxylic acids is 2. The first kappa shape index (κ1) is 13.0. The Kier molecular flexibility index (Phi) is 4.08. The SMILES string of the molecule is COC(=O)C(C(=O)c1ccccc1)c1ccccc1. The summed E-state index contributed by atoms with van der Waals surface area (Å²) in [5.41, 5.74) is 1.14. The van der Waals surface area contributed by atoms with E-state index in [1.165, 1.54) is 7.11 Å². The lowest BCUT2D eigenvalue weighted by Crippen LogP contribution is -2.23. The first-order chi connectivity index (χ1) is 9.24. The van der Waals surface area contributed by atoms with Crippen molar-refractivity contribution in [2.45, 2.75) is 5.92 Å². The van der Waals surface area contributed by atoms with Crippen LogP contribution in [0.1, 0.15) is 21.8 Å². The van der Waals surface area contributed by atoms with Crippen LogP contribution < -0.4 is 0 Å². The molecule has 0 bridgehead atoms. The number of rotatable bonds is 4. The van der Waals surface area contributed by atoms with E-state index in [9.17, 15) is 9.59 Å². The Hall–Kier alpha value is -2.42. The summed E-state index contributed by atoms with van der Waals surface area (Å²) in [4.78, 5) is 24.3. The molecule has 0 aliphatic heterocycles. The Labute approximate surface area is 111 Å². The summed E-state index contributed by atoms with van der Waals surface area (Å²) in [7, 11) is 1.29. The topological polar surface area (TPSA) is 43.4 Å². The molecule has 0 aromatic heterocycles. The molecule has 0 saturated heterocycles. The second-order valence-electron chi connectivity index (χ2n) is 4.10. The van der Waals surface area contributed by atoms with Gasteiger partial charge in [-0.3, -0.25) is 9.59 Å². The maximum atomic E-state index is 12.4. The van der Waals surface area contributed by atoms with Crippen LogP contribution in [0, 0.1) is 0 Å². The van der Waals surface area contributed by atoms with Crippen molar-refractivity contribution in [1.29, 1.82) is 0 Å². The number of carbonyl (C=O) groups is 2. The average molecular weight is 254 g/mol. The molecule has 0 radical (unpaired) electrons. The van der Waals surface area contributed by atoms with Crippen molar-refractivity contribution in [3.05, 3.63) is 71.8 Å². The third kappa shape index (κ3) is 2.88. The number of Topliss-reactive ketones (excluding diaryl/α,β-unsaturated/α-hetero) is 1. The summed E-state index contributed by atoms with van der Waals surface area (Å²) in [6.45, 7) is 0. The maximum absolute atomic E-state index is 12.4. The first-order valence-electron chi connectivity index (χ1n) is 5.96. The quantitative estimate of drug-likeness (QED) is 0.478. The van der Waals surface area contributed by atoms with Gasteiger partial charge in [0.2, 0.25) is 0 Å². The first-order valence-corrected chi connectivity index (χ1v) is 5.96. The fourth-order valence-corrected chi connectivity index (χ4v) is 1.93. The predicted molar refractivity (Wildman–Crippen MR) is 72.0 cm³/mol. The number of ketones is 1. The minimum absolute atomic E-state index is 0.251. The standard InChI is InChI=1S/C16H14O3/c1-19-16(18)14(12-8-4-2-5-9-12)15(17)13-10-6-3-7-11-13/h2-11,14H,1H3. The van der Waals surface area contributed by atoms with Crippen LogP contribution in [0.15, 0.2) is 60.7 Å². The van der Waals surface area contributed by atoms with E-state index in [2.05, 4.69) is 0 Å². The van der Waals surface area contributed by atoms with Crippen LogP contribution in [-0.4, -0.2) is 18.9 Å². The summed E-state index contributed by atoms with van der Waals surface area (Å²) in [6.07, 6.45) is 0. The molecule has 3 nitrogen and oxygen atoms in total. The highest BCUT2D eigenvalue weighted by Crippen LogP contribution is 2.22. The minimum Gasteiger partial charge on any atom is -0.468 e. The molecule has 2 aromatic carbocycles. The smallest absolute Gasteiger partial charge is 0.321 e. The fraction of sp³-hybridized carbons (Fsp3) is 0.125. The molecule has 2 rings (SSSR count). The molecule has 0 amide bonds. The van der Waals surface area contributed by atoms with Gasteiger partial charge in [0.1, 0.15) is 5.92 Å². The molecule has 96 valence electrons. The van der Waals surface area contributed by atoms with Gasteiger partial charge in [0, 0.05) is 5.56 Å². The van der Waals surface area contributed by atoms with Crippen molar-refractivity contribution >= 4 is 11.8 Å². The van der Waals surface area contributed by atoms with E-state index >= 15 is 0 Å². The van der Waals surface area contributed by atoms with Crippen LogP contribution in [0.4, 0.5) is 0 Å². The Bertz CT molecular complexity index is 561. The molecule has 0 fully saturated rings. The van der Waals surface area contributed by atoms with Crippen LogP contribution in [0.3, 0.4) is 0 Å². The van der Waals surface area contributed by atoms with Gasteiger partial charge in [-0.2, -0.15) is 0 Å². The van der Waals surface area contributed by atoms with E-state index in [0.717, 1.165) is 0 Å². The Balaban J connectivity index is 2.40. The third-order valence-corrected chi connectivity index (χ3v) is 2.89.